The summed E-state index contributed by atoms with van der Waals surface area (Å²) in [6.45, 7) is 5.83. The van der Waals surface area contributed by atoms with E-state index in [2.05, 4.69) is 15.0 Å². The number of rotatable bonds is 5. The number of benzene rings is 1. The molecule has 0 aliphatic heterocycles. The topological polar surface area (TPSA) is 93.0 Å². The van der Waals surface area contributed by atoms with Crippen molar-refractivity contribution in [1.82, 2.24) is 19.5 Å². The molecule has 0 saturated heterocycles. The van der Waals surface area contributed by atoms with E-state index in [1.54, 1.807) is 44.1 Å². The van der Waals surface area contributed by atoms with Gasteiger partial charge in [0, 0.05) is 36.0 Å². The molecule has 1 atom stereocenters. The molecule has 4 aromatic rings. The fourth-order valence-electron chi connectivity index (χ4n) is 3.46. The summed E-state index contributed by atoms with van der Waals surface area (Å²) in [4.78, 5) is 24.2. The summed E-state index contributed by atoms with van der Waals surface area (Å²) in [6, 6.07) is 7.84. The Morgan fingerprint density at radius 1 is 1.21 bits per heavy atom. The largest absolute Gasteiger partial charge is 0.386 e. The van der Waals surface area contributed by atoms with Gasteiger partial charge in [-0.1, -0.05) is 6.07 Å². The minimum Gasteiger partial charge on any atom is -0.386 e. The average molecular weight is 392 g/mol. The standard InChI is InChI=1S/C22H24N4O3/c1-13(29-4)12-26-20-17-8-14(15-7-16(10-23-9-15)22(2,3)28)5-6-18(17)24-11-19(20)25-21(26)27/h5-11,13,28H,12H2,1-4H3,(H,25,27)/t13-/m0/s1. The van der Waals surface area contributed by atoms with Crippen molar-refractivity contribution in [2.45, 2.75) is 39.0 Å². The molecule has 3 heterocycles. The lowest BCUT2D eigenvalue weighted by molar-refractivity contribution is 0.0783. The number of aromatic amines is 1. The zero-order chi connectivity index (χ0) is 20.8. The van der Waals surface area contributed by atoms with Gasteiger partial charge in [-0.05, 0) is 44.5 Å². The zero-order valence-electron chi connectivity index (χ0n) is 16.9. The first-order valence-corrected chi connectivity index (χ1v) is 9.50. The molecule has 3 aromatic heterocycles. The van der Waals surface area contributed by atoms with Gasteiger partial charge in [-0.2, -0.15) is 0 Å². The van der Waals surface area contributed by atoms with E-state index in [0.717, 1.165) is 33.1 Å². The lowest BCUT2D eigenvalue weighted by atomic mass is 9.96. The number of fused-ring (bicyclic) bond motifs is 3. The molecule has 150 valence electrons. The SMILES string of the molecule is CO[C@@H](C)Cn1c(=O)[nH]c2cnc3ccc(-c4cncc(C(C)(C)O)c4)cc3c21. The zero-order valence-corrected chi connectivity index (χ0v) is 16.9. The first-order chi connectivity index (χ1) is 13.8. The Morgan fingerprint density at radius 3 is 2.72 bits per heavy atom. The minimum absolute atomic E-state index is 0.106. The first-order valence-electron chi connectivity index (χ1n) is 9.50. The highest BCUT2D eigenvalue weighted by molar-refractivity contribution is 6.03. The van der Waals surface area contributed by atoms with Gasteiger partial charge >= 0.3 is 5.69 Å². The van der Waals surface area contributed by atoms with Crippen molar-refractivity contribution in [2.24, 2.45) is 0 Å². The number of ether oxygens (including phenoxy) is 1. The van der Waals surface area contributed by atoms with Crippen LogP contribution in [0.3, 0.4) is 0 Å². The van der Waals surface area contributed by atoms with Crippen molar-refractivity contribution >= 4 is 21.9 Å². The lowest BCUT2D eigenvalue weighted by Gasteiger charge is -2.18. The number of pyridine rings is 2. The van der Waals surface area contributed by atoms with Gasteiger partial charge in [-0.3, -0.25) is 14.5 Å². The number of H-pyrrole nitrogens is 1. The highest BCUT2D eigenvalue weighted by Gasteiger charge is 2.18. The number of nitrogens with one attached hydrogen (secondary N) is 1. The van der Waals surface area contributed by atoms with Gasteiger partial charge in [0.2, 0.25) is 0 Å². The average Bonchev–Trinajstić information content (AvgIpc) is 3.02. The molecule has 0 radical (unpaired) electrons. The Hall–Kier alpha value is -3.03. The maximum absolute atomic E-state index is 12.5. The van der Waals surface area contributed by atoms with Crippen molar-refractivity contribution in [3.05, 3.63) is 58.9 Å². The number of hydrogen-bond acceptors (Lipinski definition) is 5. The van der Waals surface area contributed by atoms with Gasteiger partial charge in [0.05, 0.1) is 41.0 Å². The Morgan fingerprint density at radius 2 is 2.00 bits per heavy atom. The van der Waals surface area contributed by atoms with Crippen molar-refractivity contribution in [2.75, 3.05) is 7.11 Å². The van der Waals surface area contributed by atoms with Crippen LogP contribution in [0, 0.1) is 0 Å². The second-order valence-electron chi connectivity index (χ2n) is 7.86. The van der Waals surface area contributed by atoms with Crippen LogP contribution in [0.1, 0.15) is 26.3 Å². The summed E-state index contributed by atoms with van der Waals surface area (Å²) in [6.07, 6.45) is 5.01. The van der Waals surface area contributed by atoms with Crippen molar-refractivity contribution < 1.29 is 9.84 Å². The molecule has 0 unspecified atom stereocenters. The normalized spacial score (nSPS) is 13.3. The van der Waals surface area contributed by atoms with Crippen LogP contribution in [0.15, 0.2) is 47.7 Å². The molecule has 0 aliphatic carbocycles. The van der Waals surface area contributed by atoms with Crippen molar-refractivity contribution in [3.8, 4) is 11.1 Å². The molecule has 0 spiro atoms. The Kier molecular flexibility index (Phi) is 4.72. The highest BCUT2D eigenvalue weighted by atomic mass is 16.5. The minimum atomic E-state index is -0.980. The second-order valence-corrected chi connectivity index (χ2v) is 7.86. The molecule has 0 aliphatic rings. The quantitative estimate of drug-likeness (QED) is 0.544. The van der Waals surface area contributed by atoms with E-state index in [0.29, 0.717) is 12.1 Å². The molecule has 0 amide bonds. The second kappa shape index (κ2) is 7.09. The van der Waals surface area contributed by atoms with Crippen LogP contribution in [0.25, 0.3) is 33.1 Å². The van der Waals surface area contributed by atoms with Gasteiger partial charge in [0.15, 0.2) is 0 Å². The fourth-order valence-corrected chi connectivity index (χ4v) is 3.46. The lowest BCUT2D eigenvalue weighted by Crippen LogP contribution is -2.24. The first kappa shape index (κ1) is 19.3. The van der Waals surface area contributed by atoms with Crippen molar-refractivity contribution in [3.63, 3.8) is 0 Å². The van der Waals surface area contributed by atoms with Crippen molar-refractivity contribution in [1.29, 1.82) is 0 Å². The van der Waals surface area contributed by atoms with Gasteiger partial charge in [0.25, 0.3) is 0 Å². The van der Waals surface area contributed by atoms with Crippen LogP contribution < -0.4 is 5.69 Å². The molecular formula is C22H24N4O3. The van der Waals surface area contributed by atoms with E-state index < -0.39 is 5.60 Å². The highest BCUT2D eigenvalue weighted by Crippen LogP contribution is 2.30. The van der Waals surface area contributed by atoms with E-state index in [-0.39, 0.29) is 11.8 Å². The number of aromatic nitrogens is 4. The Labute approximate surface area is 168 Å². The third-order valence-electron chi connectivity index (χ3n) is 5.22. The molecule has 7 heteroatoms. The predicted octanol–water partition coefficient (Wildman–Crippen LogP) is 3.20. The van der Waals surface area contributed by atoms with E-state index in [1.807, 2.05) is 31.2 Å². The number of methoxy groups -OCH3 is 1. The molecular weight excluding hydrogens is 368 g/mol. The third kappa shape index (κ3) is 3.54. The van der Waals surface area contributed by atoms with E-state index in [4.69, 9.17) is 4.74 Å². The van der Waals surface area contributed by atoms with Gasteiger partial charge in [-0.25, -0.2) is 4.79 Å². The van der Waals surface area contributed by atoms with Crippen LogP contribution >= 0.6 is 0 Å². The summed E-state index contributed by atoms with van der Waals surface area (Å²) >= 11 is 0. The maximum atomic E-state index is 12.5. The number of imidazole rings is 1. The fraction of sp³-hybridized carbons (Fsp3) is 0.318. The van der Waals surface area contributed by atoms with Crippen LogP contribution in [0.4, 0.5) is 0 Å². The molecule has 2 N–H and O–H groups in total. The summed E-state index contributed by atoms with van der Waals surface area (Å²) in [5.41, 5.74) is 3.68. The van der Waals surface area contributed by atoms with Crippen LogP contribution in [-0.4, -0.2) is 37.8 Å². The summed E-state index contributed by atoms with van der Waals surface area (Å²) < 4.78 is 7.05. The number of nitrogens with zero attached hydrogens (tertiary/aromatic N) is 3. The summed E-state index contributed by atoms with van der Waals surface area (Å²) in [7, 11) is 1.63. The van der Waals surface area contributed by atoms with Gasteiger partial charge in [0.1, 0.15) is 0 Å². The number of hydrogen-bond donors (Lipinski definition) is 2. The molecule has 0 saturated carbocycles. The number of aliphatic hydroxyl groups is 1. The van der Waals surface area contributed by atoms with E-state index in [9.17, 15) is 9.90 Å². The van der Waals surface area contributed by atoms with Crippen LogP contribution in [0.5, 0.6) is 0 Å². The molecule has 0 fully saturated rings. The third-order valence-corrected chi connectivity index (χ3v) is 5.22. The smallest absolute Gasteiger partial charge is 0.326 e. The Bertz CT molecular complexity index is 1250. The van der Waals surface area contributed by atoms with Crippen LogP contribution in [0.2, 0.25) is 0 Å². The Balaban J connectivity index is 1.93. The van der Waals surface area contributed by atoms with Crippen LogP contribution in [-0.2, 0) is 16.9 Å². The molecule has 29 heavy (non-hydrogen) atoms. The molecule has 1 aromatic carbocycles. The maximum Gasteiger partial charge on any atom is 0.326 e. The molecule has 0 bridgehead atoms. The summed E-state index contributed by atoms with van der Waals surface area (Å²) in [5.74, 6) is 0. The van der Waals surface area contributed by atoms with Gasteiger partial charge < -0.3 is 14.8 Å². The predicted molar refractivity (Wildman–Crippen MR) is 113 cm³/mol. The molecule has 7 nitrogen and oxygen atoms in total. The van der Waals surface area contributed by atoms with E-state index in [1.165, 1.54) is 0 Å². The summed E-state index contributed by atoms with van der Waals surface area (Å²) in [5, 5.41) is 11.2. The van der Waals surface area contributed by atoms with Gasteiger partial charge in [-0.15, -0.1) is 0 Å². The monoisotopic (exact) mass is 392 g/mol. The van der Waals surface area contributed by atoms with E-state index >= 15 is 0 Å². The molecule has 4 rings (SSSR count).